The van der Waals surface area contributed by atoms with E-state index >= 15 is 0 Å². The normalized spacial score (nSPS) is 9.86. The smallest absolute Gasteiger partial charge is 0.269 e. The second-order valence-electron chi connectivity index (χ2n) is 4.34. The molecule has 114 valence electrons. The first-order valence-electron chi connectivity index (χ1n) is 6.64. The number of non-ortho nitro benzene ring substituents is 1. The average Bonchev–Trinajstić information content (AvgIpc) is 2.50. The number of thiocarbonyl (C=S) groups is 1. The minimum absolute atomic E-state index is 0.0379. The molecule has 2 N–H and O–H groups in total. The predicted octanol–water partition coefficient (Wildman–Crippen LogP) is 3.80. The molecule has 0 aliphatic rings. The summed E-state index contributed by atoms with van der Waals surface area (Å²) in [5, 5.41) is 17.0. The van der Waals surface area contributed by atoms with Crippen molar-refractivity contribution in [2.75, 3.05) is 17.2 Å². The first-order valence-corrected chi connectivity index (χ1v) is 7.04. The minimum Gasteiger partial charge on any atom is -0.494 e. The molecular weight excluding hydrogens is 302 g/mol. The molecule has 0 aromatic heterocycles. The van der Waals surface area contributed by atoms with Crippen LogP contribution in [0.25, 0.3) is 0 Å². The summed E-state index contributed by atoms with van der Waals surface area (Å²) in [6.45, 7) is 2.54. The first kappa shape index (κ1) is 15.7. The van der Waals surface area contributed by atoms with Crippen molar-refractivity contribution in [2.24, 2.45) is 0 Å². The quantitative estimate of drug-likeness (QED) is 0.496. The molecule has 7 heteroatoms. The van der Waals surface area contributed by atoms with Crippen LogP contribution < -0.4 is 15.4 Å². The molecule has 0 aliphatic heterocycles. The number of anilines is 2. The van der Waals surface area contributed by atoms with Gasteiger partial charge >= 0.3 is 0 Å². The maximum absolute atomic E-state index is 10.6. The van der Waals surface area contributed by atoms with Crippen LogP contribution in [-0.2, 0) is 0 Å². The molecule has 0 amide bonds. The summed E-state index contributed by atoms with van der Waals surface area (Å²) < 4.78 is 5.36. The monoisotopic (exact) mass is 317 g/mol. The third kappa shape index (κ3) is 4.42. The molecule has 0 aliphatic carbocycles. The first-order chi connectivity index (χ1) is 10.6. The van der Waals surface area contributed by atoms with Crippen LogP contribution in [0.4, 0.5) is 17.1 Å². The van der Waals surface area contributed by atoms with Gasteiger partial charge in [0.05, 0.1) is 11.5 Å². The predicted molar refractivity (Wildman–Crippen MR) is 90.6 cm³/mol. The Bertz CT molecular complexity index is 657. The van der Waals surface area contributed by atoms with Crippen LogP contribution in [0.5, 0.6) is 5.75 Å². The van der Waals surface area contributed by atoms with Gasteiger partial charge in [-0.1, -0.05) is 0 Å². The van der Waals surface area contributed by atoms with Crippen LogP contribution in [0, 0.1) is 10.1 Å². The zero-order valence-electron chi connectivity index (χ0n) is 11.9. The molecular formula is C15H15N3O3S. The lowest BCUT2D eigenvalue weighted by Gasteiger charge is -2.11. The van der Waals surface area contributed by atoms with Gasteiger partial charge in [-0.25, -0.2) is 0 Å². The van der Waals surface area contributed by atoms with Crippen molar-refractivity contribution in [3.63, 3.8) is 0 Å². The summed E-state index contributed by atoms with van der Waals surface area (Å²) in [6, 6.07) is 13.4. The van der Waals surface area contributed by atoms with Gasteiger partial charge in [-0.05, 0) is 55.5 Å². The number of hydrogen-bond donors (Lipinski definition) is 2. The fraction of sp³-hybridized carbons (Fsp3) is 0.133. The van der Waals surface area contributed by atoms with E-state index in [1.165, 1.54) is 12.1 Å². The van der Waals surface area contributed by atoms with Crippen LogP contribution in [0.2, 0.25) is 0 Å². The summed E-state index contributed by atoms with van der Waals surface area (Å²) >= 11 is 5.20. The van der Waals surface area contributed by atoms with Gasteiger partial charge in [-0.2, -0.15) is 0 Å². The Morgan fingerprint density at radius 2 is 1.59 bits per heavy atom. The number of rotatable bonds is 5. The van der Waals surface area contributed by atoms with Crippen LogP contribution in [0.3, 0.4) is 0 Å². The molecule has 0 fully saturated rings. The summed E-state index contributed by atoms with van der Waals surface area (Å²) in [5.41, 5.74) is 1.54. The van der Waals surface area contributed by atoms with Crippen molar-refractivity contribution < 1.29 is 9.66 Å². The molecule has 22 heavy (non-hydrogen) atoms. The van der Waals surface area contributed by atoms with Gasteiger partial charge in [0.25, 0.3) is 5.69 Å². The van der Waals surface area contributed by atoms with E-state index < -0.39 is 4.92 Å². The second-order valence-corrected chi connectivity index (χ2v) is 4.75. The third-order valence-electron chi connectivity index (χ3n) is 2.76. The molecule has 0 radical (unpaired) electrons. The highest BCUT2D eigenvalue weighted by molar-refractivity contribution is 7.80. The average molecular weight is 317 g/mol. The van der Waals surface area contributed by atoms with Gasteiger partial charge in [0.2, 0.25) is 0 Å². The van der Waals surface area contributed by atoms with Crippen molar-refractivity contribution >= 4 is 34.4 Å². The number of nitrogens with one attached hydrogen (secondary N) is 2. The minimum atomic E-state index is -0.444. The number of nitro groups is 1. The van der Waals surface area contributed by atoms with Crippen LogP contribution in [-0.4, -0.2) is 16.6 Å². The van der Waals surface area contributed by atoms with E-state index in [0.29, 0.717) is 17.4 Å². The largest absolute Gasteiger partial charge is 0.494 e. The van der Waals surface area contributed by atoms with Gasteiger partial charge in [0, 0.05) is 23.5 Å². The molecule has 0 saturated carbocycles. The number of hydrogen-bond acceptors (Lipinski definition) is 4. The fourth-order valence-corrected chi connectivity index (χ4v) is 2.00. The van der Waals surface area contributed by atoms with Gasteiger partial charge in [0.1, 0.15) is 5.75 Å². The van der Waals surface area contributed by atoms with Gasteiger partial charge in [0.15, 0.2) is 5.11 Å². The highest BCUT2D eigenvalue weighted by atomic mass is 32.1. The van der Waals surface area contributed by atoms with E-state index in [9.17, 15) is 10.1 Å². The lowest BCUT2D eigenvalue weighted by molar-refractivity contribution is -0.384. The van der Waals surface area contributed by atoms with Crippen LogP contribution >= 0.6 is 12.2 Å². The summed E-state index contributed by atoms with van der Waals surface area (Å²) in [7, 11) is 0. The van der Waals surface area contributed by atoms with Crippen molar-refractivity contribution in [1.82, 2.24) is 0 Å². The zero-order chi connectivity index (χ0) is 15.9. The molecule has 0 spiro atoms. The lowest BCUT2D eigenvalue weighted by Crippen LogP contribution is -2.18. The van der Waals surface area contributed by atoms with Gasteiger partial charge in [-0.3, -0.25) is 10.1 Å². The highest BCUT2D eigenvalue weighted by Gasteiger charge is 2.05. The van der Waals surface area contributed by atoms with E-state index in [4.69, 9.17) is 17.0 Å². The van der Waals surface area contributed by atoms with E-state index in [1.54, 1.807) is 12.1 Å². The second kappa shape index (κ2) is 7.37. The number of ether oxygens (including phenoxy) is 1. The Kier molecular flexibility index (Phi) is 5.26. The van der Waals surface area contributed by atoms with Crippen molar-refractivity contribution in [3.05, 3.63) is 58.6 Å². The standard InChI is InChI=1S/C15H15N3O3S/c1-2-21-14-9-5-12(6-10-14)17-15(22)16-11-3-7-13(8-4-11)18(19)20/h3-10H,2H2,1H3,(H2,16,17,22). The van der Waals surface area contributed by atoms with Gasteiger partial charge in [-0.15, -0.1) is 0 Å². The van der Waals surface area contributed by atoms with E-state index in [1.807, 2.05) is 31.2 Å². The molecule has 2 rings (SSSR count). The lowest BCUT2D eigenvalue weighted by atomic mass is 10.3. The van der Waals surface area contributed by atoms with E-state index in [-0.39, 0.29) is 5.69 Å². The molecule has 2 aromatic carbocycles. The number of nitro benzene ring substituents is 1. The summed E-state index contributed by atoms with van der Waals surface area (Å²) in [6.07, 6.45) is 0. The SMILES string of the molecule is CCOc1ccc(NC(=S)Nc2ccc([N+](=O)[O-])cc2)cc1. The van der Waals surface area contributed by atoms with Crippen molar-refractivity contribution in [3.8, 4) is 5.75 Å². The van der Waals surface area contributed by atoms with Crippen LogP contribution in [0.1, 0.15) is 6.92 Å². The Morgan fingerprint density at radius 3 is 2.05 bits per heavy atom. The van der Waals surface area contributed by atoms with Crippen molar-refractivity contribution in [2.45, 2.75) is 6.92 Å². The maximum Gasteiger partial charge on any atom is 0.269 e. The Hall–Kier alpha value is -2.67. The molecule has 0 atom stereocenters. The number of nitrogens with zero attached hydrogens (tertiary/aromatic N) is 1. The highest BCUT2D eigenvalue weighted by Crippen LogP contribution is 2.17. The zero-order valence-corrected chi connectivity index (χ0v) is 12.7. The molecule has 0 heterocycles. The summed E-state index contributed by atoms with van der Waals surface area (Å²) in [4.78, 5) is 10.1. The molecule has 2 aromatic rings. The molecule has 6 nitrogen and oxygen atoms in total. The van der Waals surface area contributed by atoms with E-state index in [2.05, 4.69) is 10.6 Å². The van der Waals surface area contributed by atoms with Crippen molar-refractivity contribution in [1.29, 1.82) is 0 Å². The maximum atomic E-state index is 10.6. The Balaban J connectivity index is 1.93. The topological polar surface area (TPSA) is 76.4 Å². The van der Waals surface area contributed by atoms with Crippen LogP contribution in [0.15, 0.2) is 48.5 Å². The Labute approximate surface area is 133 Å². The Morgan fingerprint density at radius 1 is 1.09 bits per heavy atom. The van der Waals surface area contributed by atoms with E-state index in [0.717, 1.165) is 11.4 Å². The molecule has 0 saturated heterocycles. The third-order valence-corrected chi connectivity index (χ3v) is 2.96. The summed E-state index contributed by atoms with van der Waals surface area (Å²) in [5.74, 6) is 0.794. The van der Waals surface area contributed by atoms with Gasteiger partial charge < -0.3 is 15.4 Å². The molecule has 0 unspecified atom stereocenters. The molecule has 0 bridgehead atoms. The number of benzene rings is 2. The fourth-order valence-electron chi connectivity index (χ4n) is 1.76.